The zero-order chi connectivity index (χ0) is 16.3. The third-order valence-electron chi connectivity index (χ3n) is 5.24. The summed E-state index contributed by atoms with van der Waals surface area (Å²) in [5.74, 6) is 0. The Morgan fingerprint density at radius 2 is 1.91 bits per heavy atom. The highest BCUT2D eigenvalue weighted by molar-refractivity contribution is 5.74. The van der Waals surface area contributed by atoms with Crippen LogP contribution in [-0.4, -0.2) is 42.8 Å². The molecule has 0 aromatic heterocycles. The number of ether oxygens (including phenoxy) is 1. The summed E-state index contributed by atoms with van der Waals surface area (Å²) in [5.41, 5.74) is 1.22. The van der Waals surface area contributed by atoms with Crippen LogP contribution in [0.3, 0.4) is 0 Å². The van der Waals surface area contributed by atoms with Crippen LogP contribution < -0.4 is 5.32 Å². The molecule has 1 heterocycles. The van der Waals surface area contributed by atoms with Gasteiger partial charge in [-0.3, -0.25) is 0 Å². The Morgan fingerprint density at radius 1 is 1.22 bits per heavy atom. The van der Waals surface area contributed by atoms with Gasteiger partial charge < -0.3 is 15.0 Å². The van der Waals surface area contributed by atoms with E-state index >= 15 is 0 Å². The van der Waals surface area contributed by atoms with Crippen molar-refractivity contribution in [3.63, 3.8) is 0 Å². The van der Waals surface area contributed by atoms with Gasteiger partial charge in [0.05, 0.1) is 18.8 Å². The van der Waals surface area contributed by atoms with Gasteiger partial charge in [0.25, 0.3) is 0 Å². The molecule has 0 radical (unpaired) electrons. The zero-order valence-corrected chi connectivity index (χ0v) is 14.3. The highest BCUT2D eigenvalue weighted by atomic mass is 16.5. The maximum Gasteiger partial charge on any atom is 0.317 e. The molecule has 23 heavy (non-hydrogen) atoms. The molecule has 0 bridgehead atoms. The molecule has 2 amide bonds. The topological polar surface area (TPSA) is 41.6 Å². The van der Waals surface area contributed by atoms with Crippen LogP contribution >= 0.6 is 0 Å². The first-order valence-electron chi connectivity index (χ1n) is 8.73. The summed E-state index contributed by atoms with van der Waals surface area (Å²) in [6.45, 7) is 6.74. The number of benzene rings is 1. The molecular formula is C19H28N2O2. The number of rotatable bonds is 3. The van der Waals surface area contributed by atoms with Crippen molar-refractivity contribution in [1.29, 1.82) is 0 Å². The summed E-state index contributed by atoms with van der Waals surface area (Å²) in [5, 5.41) is 3.20. The van der Waals surface area contributed by atoms with Gasteiger partial charge in [-0.2, -0.15) is 0 Å². The smallest absolute Gasteiger partial charge is 0.317 e. The second-order valence-corrected chi connectivity index (χ2v) is 7.54. The molecular weight excluding hydrogens is 288 g/mol. The molecule has 4 heteroatoms. The van der Waals surface area contributed by atoms with Crippen molar-refractivity contribution in [3.8, 4) is 0 Å². The number of carbonyl (C=O) groups is 1. The first kappa shape index (κ1) is 16.3. The second kappa shape index (κ2) is 6.52. The van der Waals surface area contributed by atoms with Crippen LogP contribution in [0.2, 0.25) is 0 Å². The molecule has 1 saturated carbocycles. The van der Waals surface area contributed by atoms with Crippen LogP contribution in [0.15, 0.2) is 30.3 Å². The molecule has 1 saturated heterocycles. The molecule has 0 atom stereocenters. The van der Waals surface area contributed by atoms with Crippen LogP contribution in [0.5, 0.6) is 0 Å². The molecule has 126 valence electrons. The number of nitrogens with one attached hydrogen (secondary N) is 1. The van der Waals surface area contributed by atoms with Gasteiger partial charge in [0.2, 0.25) is 0 Å². The number of urea groups is 1. The van der Waals surface area contributed by atoms with E-state index < -0.39 is 0 Å². The lowest BCUT2D eigenvalue weighted by Gasteiger charge is -2.39. The fraction of sp³-hybridized carbons (Fsp3) is 0.632. The van der Waals surface area contributed by atoms with Crippen LogP contribution in [0.1, 0.15) is 45.1 Å². The van der Waals surface area contributed by atoms with E-state index in [0.29, 0.717) is 19.7 Å². The molecule has 2 aliphatic rings. The van der Waals surface area contributed by atoms with Crippen LogP contribution in [0, 0.1) is 0 Å². The highest BCUT2D eigenvalue weighted by Crippen LogP contribution is 2.40. The molecule has 4 nitrogen and oxygen atoms in total. The monoisotopic (exact) mass is 316 g/mol. The molecule has 0 spiro atoms. The lowest BCUT2D eigenvalue weighted by atomic mass is 9.79. The molecule has 1 aromatic carbocycles. The minimum absolute atomic E-state index is 0.0450. The molecule has 0 unspecified atom stereocenters. The Labute approximate surface area is 139 Å². The number of nitrogens with zero attached hydrogens (tertiary/aromatic N) is 1. The second-order valence-electron chi connectivity index (χ2n) is 7.54. The SMILES string of the molecule is CC1(C)CN(C(=O)NCC2(c3ccccc3)CCCC2)CCO1. The van der Waals surface area contributed by atoms with Crippen molar-refractivity contribution in [1.82, 2.24) is 10.2 Å². The van der Waals surface area contributed by atoms with Crippen molar-refractivity contribution in [2.75, 3.05) is 26.2 Å². The van der Waals surface area contributed by atoms with Crippen LogP contribution in [0.4, 0.5) is 4.79 Å². The van der Waals surface area contributed by atoms with E-state index in [9.17, 15) is 4.79 Å². The summed E-state index contributed by atoms with van der Waals surface area (Å²) in [4.78, 5) is 14.5. The van der Waals surface area contributed by atoms with E-state index in [4.69, 9.17) is 4.74 Å². The average molecular weight is 316 g/mol. The number of morpholine rings is 1. The Hall–Kier alpha value is -1.55. The summed E-state index contributed by atoms with van der Waals surface area (Å²) in [6.07, 6.45) is 4.81. The Bertz CT molecular complexity index is 536. The van der Waals surface area contributed by atoms with Gasteiger partial charge in [-0.05, 0) is 32.3 Å². The van der Waals surface area contributed by atoms with Gasteiger partial charge in [0.15, 0.2) is 0 Å². The minimum atomic E-state index is -0.250. The average Bonchev–Trinajstić information content (AvgIpc) is 3.03. The van der Waals surface area contributed by atoms with Gasteiger partial charge in [0.1, 0.15) is 0 Å². The Balaban J connectivity index is 1.65. The van der Waals surface area contributed by atoms with Gasteiger partial charge in [-0.25, -0.2) is 4.79 Å². The van der Waals surface area contributed by atoms with E-state index in [2.05, 4.69) is 35.6 Å². The predicted molar refractivity (Wildman–Crippen MR) is 91.6 cm³/mol. The first-order valence-corrected chi connectivity index (χ1v) is 8.73. The molecule has 1 aliphatic carbocycles. The van der Waals surface area contributed by atoms with E-state index in [1.54, 1.807) is 0 Å². The van der Waals surface area contributed by atoms with E-state index in [0.717, 1.165) is 19.4 Å². The van der Waals surface area contributed by atoms with Crippen LogP contribution in [-0.2, 0) is 10.2 Å². The van der Waals surface area contributed by atoms with Gasteiger partial charge in [-0.1, -0.05) is 43.2 Å². The quantitative estimate of drug-likeness (QED) is 0.929. The lowest BCUT2D eigenvalue weighted by molar-refractivity contribution is -0.0734. The normalized spacial score (nSPS) is 22.8. The Morgan fingerprint density at radius 3 is 2.57 bits per heavy atom. The standard InChI is InChI=1S/C19H28N2O2/c1-18(2)15-21(12-13-23-18)17(22)20-14-19(10-6-7-11-19)16-8-4-3-5-9-16/h3-5,8-9H,6-7,10-15H2,1-2H3,(H,20,22). The van der Waals surface area contributed by atoms with Crippen LogP contribution in [0.25, 0.3) is 0 Å². The molecule has 3 rings (SSSR count). The largest absolute Gasteiger partial charge is 0.372 e. The van der Waals surface area contributed by atoms with Gasteiger partial charge in [0, 0.05) is 18.5 Å². The van der Waals surface area contributed by atoms with E-state index in [1.807, 2.05) is 18.7 Å². The number of amides is 2. The minimum Gasteiger partial charge on any atom is -0.372 e. The third-order valence-corrected chi connectivity index (χ3v) is 5.24. The van der Waals surface area contributed by atoms with Crippen molar-refractivity contribution < 1.29 is 9.53 Å². The summed E-state index contributed by atoms with van der Waals surface area (Å²) in [6, 6.07) is 10.7. The van der Waals surface area contributed by atoms with Crippen molar-refractivity contribution >= 4 is 6.03 Å². The fourth-order valence-electron chi connectivity index (χ4n) is 3.96. The molecule has 1 aromatic rings. The first-order chi connectivity index (χ1) is 11.0. The Kier molecular flexibility index (Phi) is 4.62. The van der Waals surface area contributed by atoms with Gasteiger partial charge in [-0.15, -0.1) is 0 Å². The maximum atomic E-state index is 12.6. The highest BCUT2D eigenvalue weighted by Gasteiger charge is 2.37. The van der Waals surface area contributed by atoms with Gasteiger partial charge >= 0.3 is 6.03 Å². The number of hydrogen-bond donors (Lipinski definition) is 1. The number of hydrogen-bond acceptors (Lipinski definition) is 2. The van der Waals surface area contributed by atoms with E-state index in [-0.39, 0.29) is 17.0 Å². The predicted octanol–water partition coefficient (Wildman–Crippen LogP) is 3.32. The van der Waals surface area contributed by atoms with Crippen molar-refractivity contribution in [2.45, 2.75) is 50.5 Å². The lowest BCUT2D eigenvalue weighted by Crippen LogP contribution is -2.54. The third kappa shape index (κ3) is 3.69. The van der Waals surface area contributed by atoms with E-state index in [1.165, 1.54) is 18.4 Å². The molecule has 2 fully saturated rings. The molecule has 1 aliphatic heterocycles. The summed E-state index contributed by atoms with van der Waals surface area (Å²) < 4.78 is 5.69. The summed E-state index contributed by atoms with van der Waals surface area (Å²) >= 11 is 0. The fourth-order valence-corrected chi connectivity index (χ4v) is 3.96. The van der Waals surface area contributed by atoms with Crippen molar-refractivity contribution in [3.05, 3.63) is 35.9 Å². The zero-order valence-electron chi connectivity index (χ0n) is 14.3. The summed E-state index contributed by atoms with van der Waals surface area (Å²) in [7, 11) is 0. The maximum absolute atomic E-state index is 12.6. The van der Waals surface area contributed by atoms with Crippen molar-refractivity contribution in [2.24, 2.45) is 0 Å². The molecule has 1 N–H and O–H groups in total. The number of carbonyl (C=O) groups excluding carboxylic acids is 1.